The van der Waals surface area contributed by atoms with Gasteiger partial charge in [-0.1, -0.05) is 60.7 Å². The van der Waals surface area contributed by atoms with Crippen LogP contribution in [0.25, 0.3) is 6.08 Å². The summed E-state index contributed by atoms with van der Waals surface area (Å²) in [7, 11) is 4.01. The zero-order valence-corrected chi connectivity index (χ0v) is 9.88. The molecule has 0 aromatic heterocycles. The summed E-state index contributed by atoms with van der Waals surface area (Å²) in [5.41, 5.74) is 1.22. The Hall–Kier alpha value is -1.89. The first-order chi connectivity index (χ1) is 7.79. The second kappa shape index (κ2) is 7.41. The Morgan fingerprint density at radius 3 is 2.12 bits per heavy atom. The van der Waals surface area contributed by atoms with E-state index in [0.717, 1.165) is 0 Å². The summed E-state index contributed by atoms with van der Waals surface area (Å²) < 4.78 is 2.00. The molecule has 0 radical (unpaired) electrons. The van der Waals surface area contributed by atoms with E-state index in [2.05, 4.69) is 18.2 Å². The second-order valence-electron chi connectivity index (χ2n) is 3.65. The Morgan fingerprint density at radius 1 is 0.812 bits per heavy atom. The van der Waals surface area contributed by atoms with Gasteiger partial charge < -0.3 is 0 Å². The van der Waals surface area contributed by atoms with Gasteiger partial charge in [-0.15, -0.1) is 0 Å². The molecule has 0 saturated carbocycles. The van der Waals surface area contributed by atoms with E-state index in [0.29, 0.717) is 0 Å². The van der Waals surface area contributed by atoms with Crippen molar-refractivity contribution in [2.45, 2.75) is 0 Å². The van der Waals surface area contributed by atoms with E-state index < -0.39 is 0 Å². The molecule has 0 fully saturated rings. The van der Waals surface area contributed by atoms with E-state index >= 15 is 0 Å². The van der Waals surface area contributed by atoms with Crippen molar-refractivity contribution >= 4 is 12.3 Å². The molecule has 1 rings (SSSR count). The van der Waals surface area contributed by atoms with Gasteiger partial charge in [-0.2, -0.15) is 0 Å². The number of hydrogen-bond donors (Lipinski definition) is 0. The number of nitrogens with zero attached hydrogens (tertiary/aromatic N) is 1. The highest BCUT2D eigenvalue weighted by atomic mass is 14.9. The Morgan fingerprint density at radius 2 is 1.44 bits per heavy atom. The molecule has 0 N–H and O–H groups in total. The molecule has 1 nitrogen and oxygen atoms in total. The molecular weight excluding hydrogens is 194 g/mol. The smallest absolute Gasteiger partial charge is 0.162 e. The van der Waals surface area contributed by atoms with Gasteiger partial charge in [0.25, 0.3) is 0 Å². The summed E-state index contributed by atoms with van der Waals surface area (Å²) in [6.45, 7) is 0. The minimum Gasteiger partial charge on any atom is -0.241 e. The van der Waals surface area contributed by atoms with Crippen LogP contribution in [0.5, 0.6) is 0 Å². The second-order valence-corrected chi connectivity index (χ2v) is 3.65. The molecule has 0 unspecified atom stereocenters. The minimum atomic E-state index is 1.22. The van der Waals surface area contributed by atoms with Crippen molar-refractivity contribution in [2.75, 3.05) is 14.1 Å². The van der Waals surface area contributed by atoms with Crippen LogP contribution < -0.4 is 0 Å². The van der Waals surface area contributed by atoms with E-state index in [4.69, 9.17) is 0 Å². The van der Waals surface area contributed by atoms with E-state index in [1.54, 1.807) is 0 Å². The van der Waals surface area contributed by atoms with Gasteiger partial charge in [0.1, 0.15) is 14.1 Å². The van der Waals surface area contributed by atoms with Gasteiger partial charge >= 0.3 is 0 Å². The zero-order chi connectivity index (χ0) is 11.6. The van der Waals surface area contributed by atoms with Gasteiger partial charge in [-0.05, 0) is 5.56 Å². The van der Waals surface area contributed by atoms with Crippen molar-refractivity contribution in [3.05, 3.63) is 66.3 Å². The maximum absolute atomic E-state index is 2.08. The highest BCUT2D eigenvalue weighted by Gasteiger charge is 1.79. The van der Waals surface area contributed by atoms with E-state index in [9.17, 15) is 0 Å². The molecule has 0 aliphatic carbocycles. The van der Waals surface area contributed by atoms with E-state index in [1.807, 2.05) is 73.5 Å². The van der Waals surface area contributed by atoms with Gasteiger partial charge in [0, 0.05) is 6.08 Å². The third-order valence-corrected chi connectivity index (χ3v) is 1.92. The molecule has 0 saturated heterocycles. The van der Waals surface area contributed by atoms with Crippen LogP contribution in [-0.4, -0.2) is 24.9 Å². The maximum atomic E-state index is 2.08. The molecule has 82 valence electrons. The summed E-state index contributed by atoms with van der Waals surface area (Å²) in [5.74, 6) is 0. The monoisotopic (exact) mass is 212 g/mol. The van der Waals surface area contributed by atoms with Crippen LogP contribution >= 0.6 is 0 Å². The molecule has 1 aromatic carbocycles. The first-order valence-electron chi connectivity index (χ1n) is 5.35. The van der Waals surface area contributed by atoms with Crippen LogP contribution in [0.15, 0.2) is 60.7 Å². The van der Waals surface area contributed by atoms with Crippen molar-refractivity contribution in [1.29, 1.82) is 0 Å². The van der Waals surface area contributed by atoms with Crippen molar-refractivity contribution in [3.63, 3.8) is 0 Å². The number of rotatable bonds is 4. The third-order valence-electron chi connectivity index (χ3n) is 1.92. The van der Waals surface area contributed by atoms with Crippen molar-refractivity contribution in [1.82, 2.24) is 0 Å². The molecule has 1 heteroatoms. The molecule has 16 heavy (non-hydrogen) atoms. The molecule has 0 aliphatic rings. The third kappa shape index (κ3) is 5.76. The molecule has 0 heterocycles. The van der Waals surface area contributed by atoms with Gasteiger partial charge in [0.15, 0.2) is 6.21 Å². The van der Waals surface area contributed by atoms with Gasteiger partial charge in [-0.3, -0.25) is 0 Å². The van der Waals surface area contributed by atoms with Crippen LogP contribution in [0.1, 0.15) is 5.56 Å². The van der Waals surface area contributed by atoms with E-state index in [-0.39, 0.29) is 0 Å². The first-order valence-corrected chi connectivity index (χ1v) is 5.35. The van der Waals surface area contributed by atoms with E-state index in [1.165, 1.54) is 5.56 Å². The van der Waals surface area contributed by atoms with Crippen LogP contribution in [0.4, 0.5) is 0 Å². The van der Waals surface area contributed by atoms with Crippen LogP contribution in [0, 0.1) is 0 Å². The maximum Gasteiger partial charge on any atom is 0.162 e. The average molecular weight is 212 g/mol. The highest BCUT2D eigenvalue weighted by molar-refractivity contribution is 5.66. The molecule has 0 atom stereocenters. The Kier molecular flexibility index (Phi) is 5.64. The fourth-order valence-electron chi connectivity index (χ4n) is 1.15. The molecule has 0 bridgehead atoms. The van der Waals surface area contributed by atoms with Gasteiger partial charge in [0.05, 0.1) is 0 Å². The zero-order valence-electron chi connectivity index (χ0n) is 9.88. The number of allylic oxidation sites excluding steroid dienone is 5. The Bertz CT molecular complexity index is 404. The lowest BCUT2D eigenvalue weighted by molar-refractivity contribution is -0.458. The highest BCUT2D eigenvalue weighted by Crippen LogP contribution is 2.00. The predicted octanol–water partition coefficient (Wildman–Crippen LogP) is 3.16. The van der Waals surface area contributed by atoms with Crippen molar-refractivity contribution in [3.8, 4) is 0 Å². The number of hydrogen-bond acceptors (Lipinski definition) is 0. The fraction of sp³-hybridized carbons (Fsp3) is 0.133. The van der Waals surface area contributed by atoms with Crippen molar-refractivity contribution < 1.29 is 4.58 Å². The standard InChI is InChI=1S/C15H18N/c1-16(2)14-10-5-3-4-7-11-15-12-8-6-9-13-15/h3-14H,1-2H3/q+1/b4-3+,10-5+,11-7+. The van der Waals surface area contributed by atoms with Gasteiger partial charge in [0.2, 0.25) is 0 Å². The quantitative estimate of drug-likeness (QED) is 0.410. The summed E-state index contributed by atoms with van der Waals surface area (Å²) in [6, 6.07) is 10.3. The van der Waals surface area contributed by atoms with Crippen molar-refractivity contribution in [2.24, 2.45) is 0 Å². The minimum absolute atomic E-state index is 1.22. The summed E-state index contributed by atoms with van der Waals surface area (Å²) in [6.07, 6.45) is 14.2. The average Bonchev–Trinajstić information content (AvgIpc) is 2.29. The first kappa shape index (κ1) is 12.2. The fourth-order valence-corrected chi connectivity index (χ4v) is 1.15. The largest absolute Gasteiger partial charge is 0.241 e. The lowest BCUT2D eigenvalue weighted by atomic mass is 10.2. The summed E-state index contributed by atoms with van der Waals surface area (Å²) in [4.78, 5) is 0. The molecule has 0 spiro atoms. The lowest BCUT2D eigenvalue weighted by Crippen LogP contribution is -1.94. The topological polar surface area (TPSA) is 3.01 Å². The molecule has 1 aromatic rings. The Labute approximate surface area is 97.8 Å². The van der Waals surface area contributed by atoms with Crippen LogP contribution in [0.2, 0.25) is 0 Å². The summed E-state index contributed by atoms with van der Waals surface area (Å²) >= 11 is 0. The predicted molar refractivity (Wildman–Crippen MR) is 71.9 cm³/mol. The molecular formula is C15H18N+. The SMILES string of the molecule is C[N+](C)=C/C=C/C=C/C=C/c1ccccc1. The van der Waals surface area contributed by atoms with Crippen LogP contribution in [-0.2, 0) is 0 Å². The van der Waals surface area contributed by atoms with Crippen LogP contribution in [0.3, 0.4) is 0 Å². The molecule has 0 amide bonds. The lowest BCUT2D eigenvalue weighted by Gasteiger charge is -1.87. The summed E-state index contributed by atoms with van der Waals surface area (Å²) in [5, 5.41) is 0. The Balaban J connectivity index is 2.40. The molecule has 0 aliphatic heterocycles. The normalized spacial score (nSPS) is 11.6. The van der Waals surface area contributed by atoms with Gasteiger partial charge in [-0.25, -0.2) is 4.58 Å². The number of benzene rings is 1.